The van der Waals surface area contributed by atoms with E-state index in [1.807, 2.05) is 23.1 Å². The number of carbonyl (C=O) groups is 1. The summed E-state index contributed by atoms with van der Waals surface area (Å²) in [5.41, 5.74) is 2.31. The summed E-state index contributed by atoms with van der Waals surface area (Å²) in [5, 5.41) is 3.19. The second-order valence-electron chi connectivity index (χ2n) is 8.69. The van der Waals surface area contributed by atoms with E-state index in [0.29, 0.717) is 30.2 Å². The van der Waals surface area contributed by atoms with Crippen LogP contribution in [0.3, 0.4) is 0 Å². The van der Waals surface area contributed by atoms with E-state index in [0.717, 1.165) is 41.9 Å². The molecule has 162 valence electrons. The maximum absolute atomic E-state index is 13.0. The van der Waals surface area contributed by atoms with Crippen LogP contribution < -0.4 is 5.32 Å². The number of hydrogen-bond donors (Lipinski definition) is 1. The van der Waals surface area contributed by atoms with E-state index < -0.39 is 11.7 Å². The summed E-state index contributed by atoms with van der Waals surface area (Å²) in [7, 11) is 0. The van der Waals surface area contributed by atoms with Crippen molar-refractivity contribution in [1.29, 1.82) is 0 Å². The van der Waals surface area contributed by atoms with E-state index in [1.54, 1.807) is 12.3 Å². The van der Waals surface area contributed by atoms with Crippen LogP contribution in [0.4, 0.5) is 19.0 Å². The molecule has 1 saturated carbocycles. The van der Waals surface area contributed by atoms with Gasteiger partial charge in [0.05, 0.1) is 30.5 Å². The Labute approximate surface area is 177 Å². The largest absolute Gasteiger partial charge is 0.416 e. The zero-order valence-electron chi connectivity index (χ0n) is 17.3. The maximum atomic E-state index is 13.0. The summed E-state index contributed by atoms with van der Waals surface area (Å²) in [4.78, 5) is 23.7. The molecule has 2 aromatic heterocycles. The number of nitrogens with one attached hydrogen (secondary N) is 1. The molecule has 3 heterocycles. The Morgan fingerprint density at radius 2 is 2.03 bits per heavy atom. The molecule has 0 bridgehead atoms. The number of fused-ring (bicyclic) bond motifs is 3. The van der Waals surface area contributed by atoms with Gasteiger partial charge < -0.3 is 10.2 Å². The third-order valence-corrected chi connectivity index (χ3v) is 6.24. The summed E-state index contributed by atoms with van der Waals surface area (Å²) < 4.78 is 41.0. The minimum Gasteiger partial charge on any atom is -0.366 e. The van der Waals surface area contributed by atoms with Crippen LogP contribution in [0.15, 0.2) is 30.5 Å². The topological polar surface area (TPSA) is 62.5 Å². The predicted octanol–water partition coefficient (Wildman–Crippen LogP) is 4.31. The molecule has 1 aromatic carbocycles. The molecule has 0 radical (unpaired) electrons. The SMILES string of the molecule is Cc1cnc2nc(NCc3cccc(C(F)(F)F)c3)c3c(n12)CN(C(=O)C1(C)CC1)C3. The molecule has 6 nitrogen and oxygen atoms in total. The molecule has 1 amide bonds. The van der Waals surface area contributed by atoms with Gasteiger partial charge in [-0.1, -0.05) is 19.1 Å². The van der Waals surface area contributed by atoms with Crippen molar-refractivity contribution >= 4 is 17.5 Å². The minimum atomic E-state index is -4.39. The van der Waals surface area contributed by atoms with Crippen molar-refractivity contribution < 1.29 is 18.0 Å². The van der Waals surface area contributed by atoms with E-state index >= 15 is 0 Å². The van der Waals surface area contributed by atoms with Crippen LogP contribution in [0.25, 0.3) is 5.78 Å². The number of halogens is 3. The number of benzene rings is 1. The lowest BCUT2D eigenvalue weighted by Gasteiger charge is -2.19. The Morgan fingerprint density at radius 3 is 2.74 bits per heavy atom. The average molecular weight is 429 g/mol. The molecule has 5 rings (SSSR count). The molecule has 31 heavy (non-hydrogen) atoms. The van der Waals surface area contributed by atoms with Crippen LogP contribution in [-0.4, -0.2) is 25.2 Å². The molecule has 3 aromatic rings. The molecule has 2 aliphatic rings. The van der Waals surface area contributed by atoms with Gasteiger partial charge in [-0.15, -0.1) is 0 Å². The molecule has 9 heteroatoms. The highest BCUT2D eigenvalue weighted by molar-refractivity contribution is 5.85. The Kier molecular flexibility index (Phi) is 4.29. The van der Waals surface area contributed by atoms with Crippen molar-refractivity contribution in [1.82, 2.24) is 19.3 Å². The number of carbonyl (C=O) groups excluding carboxylic acids is 1. The van der Waals surface area contributed by atoms with E-state index in [-0.39, 0.29) is 17.9 Å². The molecule has 0 saturated heterocycles. The van der Waals surface area contributed by atoms with Crippen LogP contribution >= 0.6 is 0 Å². The number of alkyl halides is 3. The monoisotopic (exact) mass is 429 g/mol. The highest BCUT2D eigenvalue weighted by atomic mass is 19.4. The molecule has 1 aliphatic carbocycles. The van der Waals surface area contributed by atoms with Gasteiger partial charge in [-0.05, 0) is 37.5 Å². The summed E-state index contributed by atoms with van der Waals surface area (Å²) >= 11 is 0. The maximum Gasteiger partial charge on any atom is 0.416 e. The zero-order chi connectivity index (χ0) is 22.0. The quantitative estimate of drug-likeness (QED) is 0.671. The molecular weight excluding hydrogens is 407 g/mol. The van der Waals surface area contributed by atoms with Crippen molar-refractivity contribution in [3.63, 3.8) is 0 Å². The number of aryl methyl sites for hydroxylation is 1. The number of rotatable bonds is 4. The smallest absolute Gasteiger partial charge is 0.366 e. The second kappa shape index (κ2) is 6.70. The van der Waals surface area contributed by atoms with Gasteiger partial charge in [0.2, 0.25) is 11.7 Å². The normalized spacial score (nSPS) is 17.1. The number of amides is 1. The first kappa shape index (κ1) is 19.8. The molecule has 1 fully saturated rings. The highest BCUT2D eigenvalue weighted by Crippen LogP contribution is 2.48. The summed E-state index contributed by atoms with van der Waals surface area (Å²) in [6.07, 6.45) is -0.859. The van der Waals surface area contributed by atoms with Crippen molar-refractivity contribution in [2.75, 3.05) is 5.32 Å². The predicted molar refractivity (Wildman–Crippen MR) is 108 cm³/mol. The number of aromatic nitrogens is 3. The van der Waals surface area contributed by atoms with Gasteiger partial charge in [0.1, 0.15) is 5.82 Å². The van der Waals surface area contributed by atoms with E-state index in [1.165, 1.54) is 6.07 Å². The third-order valence-electron chi connectivity index (χ3n) is 6.24. The fourth-order valence-corrected chi connectivity index (χ4v) is 4.15. The lowest BCUT2D eigenvalue weighted by atomic mass is 10.1. The Balaban J connectivity index is 1.46. The zero-order valence-corrected chi connectivity index (χ0v) is 17.3. The minimum absolute atomic E-state index is 0.137. The second-order valence-corrected chi connectivity index (χ2v) is 8.69. The molecule has 0 unspecified atom stereocenters. The van der Waals surface area contributed by atoms with E-state index in [9.17, 15) is 18.0 Å². The Hall–Kier alpha value is -3.10. The van der Waals surface area contributed by atoms with Crippen LogP contribution in [0, 0.1) is 12.3 Å². The molecule has 0 atom stereocenters. The van der Waals surface area contributed by atoms with Gasteiger partial charge in [0.25, 0.3) is 0 Å². The fourth-order valence-electron chi connectivity index (χ4n) is 4.15. The van der Waals surface area contributed by atoms with Gasteiger partial charge in [-0.2, -0.15) is 18.2 Å². The average Bonchev–Trinajstić information content (AvgIpc) is 3.16. The summed E-state index contributed by atoms with van der Waals surface area (Å²) in [6, 6.07) is 5.23. The number of hydrogen-bond acceptors (Lipinski definition) is 4. The number of anilines is 1. The fraction of sp³-hybridized carbons (Fsp3) is 0.409. The van der Waals surface area contributed by atoms with Gasteiger partial charge >= 0.3 is 6.18 Å². The van der Waals surface area contributed by atoms with Crippen LogP contribution in [0.1, 0.15) is 47.8 Å². The standard InChI is InChI=1S/C22H22F3N5O/c1-13-9-27-20-28-18(26-10-14-4-3-5-15(8-14)22(23,24)25)16-11-29(12-17(16)30(13)20)19(31)21(2)6-7-21/h3-5,8-9H,6-7,10-12H2,1-2H3,(H,26,27,28). The first-order valence-electron chi connectivity index (χ1n) is 10.2. The van der Waals surface area contributed by atoms with Gasteiger partial charge in [0.15, 0.2) is 0 Å². The first-order valence-corrected chi connectivity index (χ1v) is 10.2. The van der Waals surface area contributed by atoms with Gasteiger partial charge in [-0.3, -0.25) is 9.20 Å². The number of imidazole rings is 1. The third kappa shape index (κ3) is 3.41. The van der Waals surface area contributed by atoms with Gasteiger partial charge in [0, 0.05) is 23.2 Å². The summed E-state index contributed by atoms with van der Waals surface area (Å²) in [5.74, 6) is 1.20. The first-order chi connectivity index (χ1) is 14.7. The molecule has 1 aliphatic heterocycles. The lowest BCUT2D eigenvalue weighted by Crippen LogP contribution is -2.31. The highest BCUT2D eigenvalue weighted by Gasteiger charge is 2.48. The van der Waals surface area contributed by atoms with Crippen molar-refractivity contribution in [3.8, 4) is 0 Å². The van der Waals surface area contributed by atoms with Crippen LogP contribution in [0.5, 0.6) is 0 Å². The van der Waals surface area contributed by atoms with Crippen molar-refractivity contribution in [2.45, 2.75) is 52.5 Å². The molecule has 1 N–H and O–H groups in total. The Morgan fingerprint density at radius 1 is 1.26 bits per heavy atom. The van der Waals surface area contributed by atoms with Crippen molar-refractivity contribution in [2.24, 2.45) is 5.41 Å². The van der Waals surface area contributed by atoms with E-state index in [4.69, 9.17) is 0 Å². The van der Waals surface area contributed by atoms with Crippen LogP contribution in [-0.2, 0) is 30.6 Å². The Bertz CT molecular complexity index is 1200. The molecule has 0 spiro atoms. The van der Waals surface area contributed by atoms with Crippen molar-refractivity contribution in [3.05, 3.63) is 58.5 Å². The lowest BCUT2D eigenvalue weighted by molar-refractivity contribution is -0.138. The van der Waals surface area contributed by atoms with Gasteiger partial charge in [-0.25, -0.2) is 4.98 Å². The summed E-state index contributed by atoms with van der Waals surface area (Å²) in [6.45, 7) is 5.00. The number of nitrogens with zero attached hydrogens (tertiary/aromatic N) is 4. The van der Waals surface area contributed by atoms with E-state index in [2.05, 4.69) is 15.3 Å². The van der Waals surface area contributed by atoms with Crippen LogP contribution in [0.2, 0.25) is 0 Å². The molecular formula is C22H22F3N5O.